The van der Waals surface area contributed by atoms with Crippen molar-refractivity contribution in [2.75, 3.05) is 30.3 Å². The quantitative estimate of drug-likeness (QED) is 0.117. The highest BCUT2D eigenvalue weighted by atomic mass is 32.3. The number of aliphatic hydroxyl groups is 1. The van der Waals surface area contributed by atoms with Crippen LogP contribution in [0, 0.1) is 0 Å². The number of amides is 1. The molecule has 4 aromatic rings. The number of hydrogen-bond donors (Lipinski definition) is 6. The van der Waals surface area contributed by atoms with Crippen LogP contribution in [0.4, 0.5) is 5.69 Å². The Morgan fingerprint density at radius 2 is 1.89 bits per heavy atom. The fourth-order valence-electron chi connectivity index (χ4n) is 5.84. The van der Waals surface area contributed by atoms with Crippen LogP contribution in [0.25, 0.3) is 10.9 Å². The van der Waals surface area contributed by atoms with Crippen molar-refractivity contribution in [1.29, 1.82) is 0 Å². The van der Waals surface area contributed by atoms with E-state index < -0.39 is 28.5 Å². The Hall–Kier alpha value is -3.54. The molecule has 0 spiro atoms. The Morgan fingerprint density at radius 3 is 2.57 bits per heavy atom. The van der Waals surface area contributed by atoms with Gasteiger partial charge in [-0.3, -0.25) is 18.2 Å². The van der Waals surface area contributed by atoms with E-state index in [9.17, 15) is 19.0 Å². The number of ether oxygens (including phenoxy) is 1. The molecule has 0 radical (unpaired) electrons. The monoisotopic (exact) mass is 620 g/mol. The molecule has 0 unspecified atom stereocenters. The Bertz CT molecular complexity index is 1590. The van der Waals surface area contributed by atoms with Crippen LogP contribution in [0.3, 0.4) is 0 Å². The summed E-state index contributed by atoms with van der Waals surface area (Å²) in [5.74, 6) is 0.725. The van der Waals surface area contributed by atoms with Gasteiger partial charge in [0.1, 0.15) is 5.75 Å². The third-order valence-corrected chi connectivity index (χ3v) is 10.4. The van der Waals surface area contributed by atoms with Crippen molar-refractivity contribution >= 4 is 33.3 Å². The molecule has 44 heavy (non-hydrogen) atoms. The maximum absolute atomic E-state index is 13.9. The lowest BCUT2D eigenvalue weighted by Gasteiger charge is -2.38. The number of hydrogen-bond acceptors (Lipinski definition) is 7. The minimum Gasteiger partial charge on any atom is -0.497 e. The third-order valence-electron chi connectivity index (χ3n) is 8.52. The van der Waals surface area contributed by atoms with E-state index in [0.717, 1.165) is 39.8 Å². The molecule has 1 aromatic heterocycles. The molecule has 3 aromatic carbocycles. The number of benzene rings is 3. The Morgan fingerprint density at radius 1 is 1.11 bits per heavy atom. The van der Waals surface area contributed by atoms with E-state index in [1.807, 2.05) is 87.6 Å². The molecule has 2 atom stereocenters. The number of aryl methyl sites for hydroxylation is 1. The highest BCUT2D eigenvalue weighted by Crippen LogP contribution is 2.52. The van der Waals surface area contributed by atoms with Crippen LogP contribution in [0.15, 0.2) is 72.9 Å². The smallest absolute Gasteiger partial charge is 0.251 e. The molecule has 1 fully saturated rings. The van der Waals surface area contributed by atoms with E-state index in [1.54, 1.807) is 17.5 Å². The van der Waals surface area contributed by atoms with Crippen LogP contribution in [0.1, 0.15) is 54.2 Å². The first-order chi connectivity index (χ1) is 21.0. The van der Waals surface area contributed by atoms with E-state index in [-0.39, 0.29) is 12.5 Å². The highest BCUT2D eigenvalue weighted by molar-refractivity contribution is 8.25. The largest absolute Gasteiger partial charge is 0.497 e. The Balaban J connectivity index is 1.42. The Labute approximate surface area is 261 Å². The van der Waals surface area contributed by atoms with Crippen LogP contribution >= 0.6 is 10.8 Å². The van der Waals surface area contributed by atoms with Crippen LogP contribution in [0.2, 0.25) is 0 Å². The van der Waals surface area contributed by atoms with Crippen molar-refractivity contribution in [3.05, 3.63) is 95.2 Å². The second-order valence-corrected chi connectivity index (χ2v) is 14.1. The number of carbonyl (C=O) groups is 1. The molecule has 236 valence electrons. The number of rotatable bonds is 12. The van der Waals surface area contributed by atoms with E-state index in [0.29, 0.717) is 36.4 Å². The zero-order valence-electron chi connectivity index (χ0n) is 25.8. The minimum atomic E-state index is -2.97. The average Bonchev–Trinajstić information content (AvgIpc) is 3.61. The second-order valence-electron chi connectivity index (χ2n) is 12.0. The van der Waals surface area contributed by atoms with Gasteiger partial charge in [-0.1, -0.05) is 49.4 Å². The van der Waals surface area contributed by atoms with Crippen molar-refractivity contribution in [3.63, 3.8) is 0 Å². The maximum Gasteiger partial charge on any atom is 0.251 e. The van der Waals surface area contributed by atoms with Gasteiger partial charge in [0, 0.05) is 35.8 Å². The molecule has 1 saturated heterocycles. The average molecular weight is 621 g/mol. The summed E-state index contributed by atoms with van der Waals surface area (Å²) >= 11 is 0. The molecule has 10 heteroatoms. The molecule has 1 amide bonds. The summed E-state index contributed by atoms with van der Waals surface area (Å²) in [5, 5.41) is 19.0. The first-order valence-electron chi connectivity index (χ1n) is 15.1. The lowest BCUT2D eigenvalue weighted by molar-refractivity contribution is 0.0814. The summed E-state index contributed by atoms with van der Waals surface area (Å²) < 4.78 is 28.6. The normalized spacial score (nSPS) is 16.9. The first kappa shape index (κ1) is 31.9. The predicted octanol–water partition coefficient (Wildman–Crippen LogP) is 5.84. The van der Waals surface area contributed by atoms with Gasteiger partial charge >= 0.3 is 0 Å². The van der Waals surface area contributed by atoms with E-state index in [4.69, 9.17) is 4.74 Å². The van der Waals surface area contributed by atoms with Crippen LogP contribution < -0.4 is 19.7 Å². The van der Waals surface area contributed by atoms with E-state index in [2.05, 4.69) is 15.6 Å². The summed E-state index contributed by atoms with van der Waals surface area (Å²) in [4.78, 5) is 17.2. The molecule has 2 heterocycles. The minimum absolute atomic E-state index is 0.235. The van der Waals surface area contributed by atoms with E-state index >= 15 is 0 Å². The number of aromatic amines is 1. The van der Waals surface area contributed by atoms with Gasteiger partial charge in [-0.25, -0.2) is 0 Å². The molecule has 0 saturated carbocycles. The maximum atomic E-state index is 13.9. The van der Waals surface area contributed by atoms with Crippen molar-refractivity contribution < 1.29 is 23.7 Å². The molecular formula is C34H44N4O5S. The van der Waals surface area contributed by atoms with Crippen LogP contribution in [0.5, 0.6) is 5.75 Å². The zero-order chi connectivity index (χ0) is 31.5. The van der Waals surface area contributed by atoms with Crippen molar-refractivity contribution in [2.45, 2.75) is 57.7 Å². The number of aromatic nitrogens is 1. The number of aliphatic hydroxyl groups excluding tert-OH is 1. The topological polar surface area (TPSA) is 130 Å². The fourth-order valence-corrected chi connectivity index (χ4v) is 7.46. The number of nitrogens with zero attached hydrogens (tertiary/aromatic N) is 1. The molecule has 0 aliphatic carbocycles. The SMILES string of the molecule is CCc1c[nH]c2c(N3CCCS3(O)O)cc(C(=O)N[C@@H](Cc3ccccc3)[C@H](O)CNC(C)(C)c3cccc(OC)c3)cc12. The first-order valence-corrected chi connectivity index (χ1v) is 16.8. The number of fused-ring (bicyclic) bond motifs is 1. The van der Waals surface area contributed by atoms with Crippen LogP contribution in [-0.2, 0) is 18.4 Å². The van der Waals surface area contributed by atoms with Gasteiger partial charge in [-0.15, -0.1) is 10.8 Å². The van der Waals surface area contributed by atoms with Gasteiger partial charge in [0.15, 0.2) is 0 Å². The van der Waals surface area contributed by atoms with Gasteiger partial charge in [-0.2, -0.15) is 0 Å². The van der Waals surface area contributed by atoms with Gasteiger partial charge in [-0.05, 0) is 74.1 Å². The Kier molecular flexibility index (Phi) is 9.57. The number of H-pyrrole nitrogens is 1. The lowest BCUT2D eigenvalue weighted by atomic mass is 9.93. The molecule has 1 aliphatic heterocycles. The summed E-state index contributed by atoms with van der Waals surface area (Å²) in [7, 11) is -1.34. The van der Waals surface area contributed by atoms with Gasteiger partial charge < -0.3 is 25.5 Å². The molecule has 5 rings (SSSR count). The summed E-state index contributed by atoms with van der Waals surface area (Å²) in [6.45, 7) is 6.86. The zero-order valence-corrected chi connectivity index (χ0v) is 26.7. The summed E-state index contributed by atoms with van der Waals surface area (Å²) in [5.41, 5.74) is 4.36. The highest BCUT2D eigenvalue weighted by Gasteiger charge is 2.32. The van der Waals surface area contributed by atoms with Gasteiger partial charge in [0.2, 0.25) is 0 Å². The third kappa shape index (κ3) is 6.90. The van der Waals surface area contributed by atoms with Crippen molar-refractivity contribution in [2.24, 2.45) is 0 Å². The summed E-state index contributed by atoms with van der Waals surface area (Å²) in [6, 6.07) is 20.6. The lowest BCUT2D eigenvalue weighted by Crippen LogP contribution is -2.51. The molecule has 1 aliphatic rings. The standard InChI is InChI=1S/C34H44N4O5S/c1-5-24-21-35-32-28(24)18-25(19-30(32)38-15-10-16-44(38,41)42)33(40)37-29(17-23-11-7-6-8-12-23)31(39)22-36-34(2,3)26-13-9-14-27(20-26)43-4/h6-9,11-14,18-21,29,31,35-36,39,41-42H,5,10,15-17,22H2,1-4H3,(H,37,40)/t29-,31+/m0/s1. The van der Waals surface area contributed by atoms with Crippen molar-refractivity contribution in [1.82, 2.24) is 15.6 Å². The second kappa shape index (κ2) is 13.2. The molecular weight excluding hydrogens is 576 g/mol. The fraction of sp³-hybridized carbons (Fsp3) is 0.382. The number of nitrogens with one attached hydrogen (secondary N) is 3. The van der Waals surface area contributed by atoms with Crippen molar-refractivity contribution in [3.8, 4) is 5.75 Å². The van der Waals surface area contributed by atoms with Gasteiger partial charge in [0.25, 0.3) is 5.91 Å². The number of carbonyl (C=O) groups excluding carboxylic acids is 1. The number of anilines is 1. The number of methoxy groups -OCH3 is 1. The van der Waals surface area contributed by atoms with Gasteiger partial charge in [0.05, 0.1) is 36.2 Å². The summed E-state index contributed by atoms with van der Waals surface area (Å²) in [6.07, 6.45) is 2.85. The molecule has 6 N–H and O–H groups in total. The predicted molar refractivity (Wildman–Crippen MR) is 179 cm³/mol. The molecule has 9 nitrogen and oxygen atoms in total. The molecule has 0 bridgehead atoms. The van der Waals surface area contributed by atoms with Crippen LogP contribution in [-0.4, -0.2) is 63.2 Å². The van der Waals surface area contributed by atoms with E-state index in [1.165, 1.54) is 0 Å².